The lowest BCUT2D eigenvalue weighted by Gasteiger charge is -2.24. The van der Waals surface area contributed by atoms with E-state index in [1.807, 2.05) is 0 Å². The van der Waals surface area contributed by atoms with Crippen molar-refractivity contribution in [1.29, 1.82) is 0 Å². The summed E-state index contributed by atoms with van der Waals surface area (Å²) in [5, 5.41) is 3.09. The number of amides is 1. The number of halogens is 2. The summed E-state index contributed by atoms with van der Waals surface area (Å²) in [7, 11) is -7.27. The maximum atomic E-state index is 12.7. The third-order valence-electron chi connectivity index (χ3n) is 5.60. The molecule has 1 amide bonds. The first-order chi connectivity index (χ1) is 17.4. The molecule has 0 atom stereocenters. The Balaban J connectivity index is 1.74. The number of hydrogen-bond donors (Lipinski definition) is 1. The maximum Gasteiger partial charge on any atom is 0.255 e. The predicted octanol–water partition coefficient (Wildman–Crippen LogP) is 5.24. The number of hydrogen-bond acceptors (Lipinski definition) is 5. The van der Waals surface area contributed by atoms with Crippen molar-refractivity contribution < 1.29 is 21.6 Å². The van der Waals surface area contributed by atoms with Crippen molar-refractivity contribution in [2.75, 3.05) is 29.0 Å². The summed E-state index contributed by atoms with van der Waals surface area (Å²) in [6.45, 7) is 4.25. The Kier molecular flexibility index (Phi) is 9.25. The van der Waals surface area contributed by atoms with Gasteiger partial charge in [0.2, 0.25) is 20.0 Å². The van der Waals surface area contributed by atoms with Crippen LogP contribution < -0.4 is 9.62 Å². The molecule has 0 aliphatic rings. The van der Waals surface area contributed by atoms with Crippen molar-refractivity contribution in [1.82, 2.24) is 4.31 Å². The SMILES string of the molecule is CCN(CC)S(=O)(=O)c1ccc(NC(=O)c2ccc(CN(c3cccc(Cl)c3Cl)S(C)(=O)=O)cc2)cc1. The highest BCUT2D eigenvalue weighted by Gasteiger charge is 2.23. The predicted molar refractivity (Wildman–Crippen MR) is 148 cm³/mol. The van der Waals surface area contributed by atoms with Crippen LogP contribution in [-0.4, -0.2) is 46.4 Å². The number of nitrogens with one attached hydrogen (secondary N) is 1. The van der Waals surface area contributed by atoms with Gasteiger partial charge in [0.1, 0.15) is 0 Å². The average Bonchev–Trinajstić information content (AvgIpc) is 2.85. The molecule has 1 N–H and O–H groups in total. The van der Waals surface area contributed by atoms with E-state index in [0.717, 1.165) is 10.6 Å². The van der Waals surface area contributed by atoms with Gasteiger partial charge in [-0.2, -0.15) is 4.31 Å². The van der Waals surface area contributed by atoms with Crippen LogP contribution in [0, 0.1) is 0 Å². The fourth-order valence-electron chi connectivity index (χ4n) is 3.62. The third kappa shape index (κ3) is 6.82. The van der Waals surface area contributed by atoms with Gasteiger partial charge < -0.3 is 5.32 Å². The summed E-state index contributed by atoms with van der Waals surface area (Å²) in [5.74, 6) is -0.399. The van der Waals surface area contributed by atoms with Gasteiger partial charge in [0.25, 0.3) is 5.91 Å². The minimum Gasteiger partial charge on any atom is -0.322 e. The molecule has 0 saturated heterocycles. The lowest BCUT2D eigenvalue weighted by molar-refractivity contribution is 0.102. The van der Waals surface area contributed by atoms with Gasteiger partial charge in [-0.1, -0.05) is 55.2 Å². The van der Waals surface area contributed by atoms with Crippen LogP contribution in [0.15, 0.2) is 71.6 Å². The van der Waals surface area contributed by atoms with Gasteiger partial charge in [-0.15, -0.1) is 0 Å². The van der Waals surface area contributed by atoms with E-state index >= 15 is 0 Å². The van der Waals surface area contributed by atoms with Crippen molar-refractivity contribution in [3.63, 3.8) is 0 Å². The Morgan fingerprint density at radius 1 is 0.865 bits per heavy atom. The van der Waals surface area contributed by atoms with E-state index in [4.69, 9.17) is 23.2 Å². The molecule has 0 aromatic heterocycles. The first kappa shape index (κ1) is 28.9. The molecule has 0 aliphatic heterocycles. The minimum atomic E-state index is -3.68. The molecule has 198 valence electrons. The summed E-state index contributed by atoms with van der Waals surface area (Å²) in [4.78, 5) is 12.9. The quantitative estimate of drug-likeness (QED) is 0.351. The Morgan fingerprint density at radius 3 is 2.00 bits per heavy atom. The molecule has 0 aliphatic carbocycles. The highest BCUT2D eigenvalue weighted by molar-refractivity contribution is 7.92. The zero-order valence-corrected chi connectivity index (χ0v) is 23.6. The lowest BCUT2D eigenvalue weighted by Crippen LogP contribution is -2.30. The minimum absolute atomic E-state index is 0.0106. The van der Waals surface area contributed by atoms with Crippen LogP contribution >= 0.6 is 23.2 Å². The van der Waals surface area contributed by atoms with Crippen LogP contribution in [0.5, 0.6) is 0 Å². The Labute approximate surface area is 227 Å². The van der Waals surface area contributed by atoms with E-state index in [9.17, 15) is 21.6 Å². The van der Waals surface area contributed by atoms with Crippen molar-refractivity contribution >= 4 is 60.5 Å². The first-order valence-electron chi connectivity index (χ1n) is 11.3. The van der Waals surface area contributed by atoms with E-state index in [2.05, 4.69) is 5.32 Å². The molecule has 0 unspecified atom stereocenters. The third-order valence-corrected chi connectivity index (χ3v) is 9.60. The Morgan fingerprint density at radius 2 is 1.46 bits per heavy atom. The van der Waals surface area contributed by atoms with Gasteiger partial charge in [-0.05, 0) is 54.1 Å². The van der Waals surface area contributed by atoms with Crippen molar-refractivity contribution in [3.8, 4) is 0 Å². The number of nitrogens with zero attached hydrogens (tertiary/aromatic N) is 2. The number of benzene rings is 3. The molecule has 37 heavy (non-hydrogen) atoms. The topological polar surface area (TPSA) is 104 Å². The van der Waals surface area contributed by atoms with Gasteiger partial charge in [-0.3, -0.25) is 9.10 Å². The molecular formula is C25H27Cl2N3O5S2. The smallest absolute Gasteiger partial charge is 0.255 e. The summed E-state index contributed by atoms with van der Waals surface area (Å²) in [6.07, 6.45) is 1.07. The summed E-state index contributed by atoms with van der Waals surface area (Å²) in [6, 6.07) is 17.1. The van der Waals surface area contributed by atoms with Crippen LogP contribution in [0.3, 0.4) is 0 Å². The molecule has 3 aromatic rings. The van der Waals surface area contributed by atoms with Crippen molar-refractivity contribution in [2.45, 2.75) is 25.3 Å². The molecule has 0 heterocycles. The zero-order valence-electron chi connectivity index (χ0n) is 20.5. The van der Waals surface area contributed by atoms with E-state index in [1.54, 1.807) is 56.3 Å². The second-order valence-electron chi connectivity index (χ2n) is 8.11. The largest absolute Gasteiger partial charge is 0.322 e. The molecule has 0 spiro atoms. The fraction of sp³-hybridized carbons (Fsp3) is 0.240. The number of carbonyl (C=O) groups is 1. The normalized spacial score (nSPS) is 11.9. The van der Waals surface area contributed by atoms with Crippen LogP contribution in [-0.2, 0) is 26.6 Å². The Hall–Kier alpha value is -2.63. The molecule has 0 fully saturated rings. The van der Waals surface area contributed by atoms with Gasteiger partial charge in [-0.25, -0.2) is 16.8 Å². The molecule has 12 heteroatoms. The monoisotopic (exact) mass is 583 g/mol. The fourth-order valence-corrected chi connectivity index (χ4v) is 6.42. The lowest BCUT2D eigenvalue weighted by atomic mass is 10.1. The van der Waals surface area contributed by atoms with Crippen molar-refractivity contribution in [3.05, 3.63) is 87.9 Å². The summed E-state index contributed by atoms with van der Waals surface area (Å²) < 4.78 is 52.7. The number of sulfonamides is 2. The highest BCUT2D eigenvalue weighted by atomic mass is 35.5. The highest BCUT2D eigenvalue weighted by Crippen LogP contribution is 2.34. The number of carbonyl (C=O) groups excluding carboxylic acids is 1. The molecule has 3 rings (SSSR count). The van der Waals surface area contributed by atoms with Crippen LogP contribution in [0.1, 0.15) is 29.8 Å². The van der Waals surface area contributed by atoms with Crippen LogP contribution in [0.2, 0.25) is 10.0 Å². The molecule has 0 bridgehead atoms. The van der Waals surface area contributed by atoms with Gasteiger partial charge in [0, 0.05) is 24.3 Å². The van der Waals surface area contributed by atoms with Crippen LogP contribution in [0.25, 0.3) is 0 Å². The van der Waals surface area contributed by atoms with Gasteiger partial charge in [0.15, 0.2) is 0 Å². The van der Waals surface area contributed by atoms with Crippen LogP contribution in [0.4, 0.5) is 11.4 Å². The molecule has 8 nitrogen and oxygen atoms in total. The molecule has 0 saturated carbocycles. The Bertz CT molecular complexity index is 1470. The molecular weight excluding hydrogens is 557 g/mol. The van der Waals surface area contributed by atoms with Gasteiger partial charge >= 0.3 is 0 Å². The summed E-state index contributed by atoms with van der Waals surface area (Å²) >= 11 is 12.3. The number of rotatable bonds is 10. The standard InChI is InChI=1S/C25H27Cl2N3O5S2/c1-4-29(5-2)37(34,35)21-15-13-20(14-16-21)28-25(31)19-11-9-18(10-12-19)17-30(36(3,32)33)23-8-6-7-22(26)24(23)27/h6-16H,4-5,17H2,1-3H3,(H,28,31). The van der Waals surface area contributed by atoms with E-state index in [-0.39, 0.29) is 27.2 Å². The van der Waals surface area contributed by atoms with E-state index < -0.39 is 26.0 Å². The summed E-state index contributed by atoms with van der Waals surface area (Å²) in [5.41, 5.74) is 1.66. The van der Waals surface area contributed by atoms with Crippen molar-refractivity contribution in [2.24, 2.45) is 0 Å². The second kappa shape index (κ2) is 11.8. The zero-order chi connectivity index (χ0) is 27.4. The molecule has 3 aromatic carbocycles. The second-order valence-corrected chi connectivity index (χ2v) is 12.7. The van der Waals surface area contributed by atoms with E-state index in [0.29, 0.717) is 29.9 Å². The van der Waals surface area contributed by atoms with E-state index in [1.165, 1.54) is 28.6 Å². The average molecular weight is 585 g/mol. The number of anilines is 2. The molecule has 0 radical (unpaired) electrons. The first-order valence-corrected chi connectivity index (χ1v) is 15.3. The van der Waals surface area contributed by atoms with Gasteiger partial charge in [0.05, 0.1) is 33.4 Å². The maximum absolute atomic E-state index is 12.7.